The quantitative estimate of drug-likeness (QED) is 0.280. The third kappa shape index (κ3) is 5.31. The Labute approximate surface area is 202 Å². The number of hydrogen-bond acceptors (Lipinski definition) is 5. The zero-order chi connectivity index (χ0) is 23.4. The van der Waals surface area contributed by atoms with Crippen LogP contribution in [0.4, 0.5) is 0 Å². The molecule has 2 heterocycles. The lowest BCUT2D eigenvalue weighted by molar-refractivity contribution is -0.118. The first-order chi connectivity index (χ1) is 16.0. The van der Waals surface area contributed by atoms with Crippen LogP contribution >= 0.6 is 23.4 Å². The summed E-state index contributed by atoms with van der Waals surface area (Å²) >= 11 is 7.37. The number of thioether (sulfide) groups is 1. The van der Waals surface area contributed by atoms with Crippen molar-refractivity contribution in [3.63, 3.8) is 0 Å². The molecule has 4 aromatic rings. The van der Waals surface area contributed by atoms with E-state index >= 15 is 0 Å². The van der Waals surface area contributed by atoms with Crippen molar-refractivity contribution in [3.8, 4) is 16.9 Å². The number of nitrogens with one attached hydrogen (secondary N) is 1. The highest BCUT2D eigenvalue weighted by molar-refractivity contribution is 7.99. The number of benzene rings is 2. The molecule has 0 unspecified atom stereocenters. The second-order valence-electron chi connectivity index (χ2n) is 7.65. The monoisotopic (exact) mass is 480 g/mol. The summed E-state index contributed by atoms with van der Waals surface area (Å²) in [6, 6.07) is 17.5. The summed E-state index contributed by atoms with van der Waals surface area (Å²) in [5.41, 5.74) is 5.49. The smallest absolute Gasteiger partial charge is 0.230 e. The molecule has 0 aliphatic heterocycles. The van der Waals surface area contributed by atoms with Crippen LogP contribution in [-0.2, 0) is 11.2 Å². The van der Waals surface area contributed by atoms with Gasteiger partial charge in [-0.25, -0.2) is 9.50 Å². The third-order valence-electron chi connectivity index (χ3n) is 5.24. The predicted octanol–water partition coefficient (Wildman–Crippen LogP) is 5.13. The second kappa shape index (κ2) is 10.3. The molecule has 8 heteroatoms. The number of aryl methyl sites for hydroxylation is 2. The second-order valence-corrected chi connectivity index (χ2v) is 9.08. The number of nitrogens with zero attached hydrogens (tertiary/aromatic N) is 3. The van der Waals surface area contributed by atoms with Gasteiger partial charge >= 0.3 is 0 Å². The number of carbonyl (C=O) groups is 1. The minimum atomic E-state index is -0.0228. The van der Waals surface area contributed by atoms with Gasteiger partial charge in [-0.1, -0.05) is 53.7 Å². The maximum Gasteiger partial charge on any atom is 0.230 e. The van der Waals surface area contributed by atoms with Gasteiger partial charge in [0.2, 0.25) is 5.91 Å². The molecule has 0 aliphatic carbocycles. The average Bonchev–Trinajstić information content (AvgIpc) is 3.14. The fraction of sp³-hybridized carbons (Fsp3) is 0.240. The average molecular weight is 481 g/mol. The van der Waals surface area contributed by atoms with E-state index in [1.807, 2.05) is 73.0 Å². The van der Waals surface area contributed by atoms with Crippen LogP contribution in [0.5, 0.6) is 5.75 Å². The van der Waals surface area contributed by atoms with Gasteiger partial charge in [0.05, 0.1) is 24.1 Å². The van der Waals surface area contributed by atoms with Gasteiger partial charge in [0.15, 0.2) is 5.65 Å². The summed E-state index contributed by atoms with van der Waals surface area (Å²) in [4.78, 5) is 17.2. The van der Waals surface area contributed by atoms with Crippen molar-refractivity contribution in [1.29, 1.82) is 0 Å². The van der Waals surface area contributed by atoms with Crippen LogP contribution in [0.1, 0.15) is 17.0 Å². The van der Waals surface area contributed by atoms with E-state index in [1.165, 1.54) is 11.8 Å². The molecule has 6 nitrogen and oxygen atoms in total. The Morgan fingerprint density at radius 1 is 1.15 bits per heavy atom. The van der Waals surface area contributed by atoms with Crippen molar-refractivity contribution in [2.75, 3.05) is 19.4 Å². The normalized spacial score (nSPS) is 11.0. The fourth-order valence-corrected chi connectivity index (χ4v) is 4.68. The van der Waals surface area contributed by atoms with Gasteiger partial charge in [-0.15, -0.1) is 0 Å². The van der Waals surface area contributed by atoms with Crippen LogP contribution in [0.3, 0.4) is 0 Å². The highest BCUT2D eigenvalue weighted by atomic mass is 35.5. The van der Waals surface area contributed by atoms with E-state index in [-0.39, 0.29) is 5.91 Å². The molecular formula is C25H25ClN4O2S. The zero-order valence-corrected chi connectivity index (χ0v) is 20.3. The Morgan fingerprint density at radius 2 is 1.91 bits per heavy atom. The fourth-order valence-electron chi connectivity index (χ4n) is 3.67. The lowest BCUT2D eigenvalue weighted by Gasteiger charge is -2.09. The van der Waals surface area contributed by atoms with Gasteiger partial charge in [-0.05, 0) is 50.1 Å². The molecule has 0 saturated heterocycles. The molecule has 0 aliphatic rings. The SMILES string of the molecule is COc1ccccc1-c1c(C)nn2c(SCC(=O)NCCc3ccc(Cl)cc3)cc(C)nc12. The summed E-state index contributed by atoms with van der Waals surface area (Å²) in [6.45, 7) is 4.49. The number of fused-ring (bicyclic) bond motifs is 1. The van der Waals surface area contributed by atoms with Crippen molar-refractivity contribution in [2.24, 2.45) is 0 Å². The number of carbonyl (C=O) groups excluding carboxylic acids is 1. The maximum absolute atomic E-state index is 12.4. The van der Waals surface area contributed by atoms with Crippen LogP contribution in [0.15, 0.2) is 59.6 Å². The molecule has 0 radical (unpaired) electrons. The van der Waals surface area contributed by atoms with E-state index in [1.54, 1.807) is 7.11 Å². The van der Waals surface area contributed by atoms with E-state index in [0.29, 0.717) is 17.3 Å². The van der Waals surface area contributed by atoms with Gasteiger partial charge in [0.25, 0.3) is 0 Å². The first-order valence-electron chi connectivity index (χ1n) is 10.6. The van der Waals surface area contributed by atoms with E-state index in [9.17, 15) is 4.79 Å². The van der Waals surface area contributed by atoms with Crippen LogP contribution in [0.25, 0.3) is 16.8 Å². The predicted molar refractivity (Wildman–Crippen MR) is 133 cm³/mol. The summed E-state index contributed by atoms with van der Waals surface area (Å²) in [7, 11) is 1.66. The maximum atomic E-state index is 12.4. The summed E-state index contributed by atoms with van der Waals surface area (Å²) in [5, 5.41) is 9.29. The van der Waals surface area contributed by atoms with E-state index < -0.39 is 0 Å². The molecule has 1 amide bonds. The highest BCUT2D eigenvalue weighted by Gasteiger charge is 2.19. The molecular weight excluding hydrogens is 456 g/mol. The number of para-hydroxylation sites is 1. The van der Waals surface area contributed by atoms with Gasteiger partial charge < -0.3 is 10.1 Å². The number of amides is 1. The minimum Gasteiger partial charge on any atom is -0.496 e. The van der Waals surface area contributed by atoms with E-state index in [0.717, 1.165) is 50.9 Å². The van der Waals surface area contributed by atoms with Crippen LogP contribution in [0, 0.1) is 13.8 Å². The van der Waals surface area contributed by atoms with Gasteiger partial charge in [-0.3, -0.25) is 4.79 Å². The molecule has 0 saturated carbocycles. The van der Waals surface area contributed by atoms with Crippen molar-refractivity contribution >= 4 is 34.9 Å². The van der Waals surface area contributed by atoms with Crippen LogP contribution in [-0.4, -0.2) is 39.9 Å². The highest BCUT2D eigenvalue weighted by Crippen LogP contribution is 2.35. The Kier molecular flexibility index (Phi) is 7.20. The number of aromatic nitrogens is 3. The largest absolute Gasteiger partial charge is 0.496 e. The van der Waals surface area contributed by atoms with Crippen LogP contribution < -0.4 is 10.1 Å². The summed E-state index contributed by atoms with van der Waals surface area (Å²) < 4.78 is 7.37. The molecule has 0 bridgehead atoms. The number of ether oxygens (including phenoxy) is 1. The number of methoxy groups -OCH3 is 1. The van der Waals surface area contributed by atoms with Crippen molar-refractivity contribution in [1.82, 2.24) is 19.9 Å². The van der Waals surface area contributed by atoms with E-state index in [4.69, 9.17) is 26.4 Å². The molecule has 170 valence electrons. The summed E-state index contributed by atoms with van der Waals surface area (Å²) in [5.74, 6) is 1.04. The molecule has 1 N–H and O–H groups in total. The number of rotatable bonds is 8. The molecule has 0 spiro atoms. The van der Waals surface area contributed by atoms with E-state index in [2.05, 4.69) is 5.32 Å². The lowest BCUT2D eigenvalue weighted by atomic mass is 10.1. The zero-order valence-electron chi connectivity index (χ0n) is 18.8. The van der Waals surface area contributed by atoms with Gasteiger partial charge in [0, 0.05) is 22.8 Å². The van der Waals surface area contributed by atoms with Crippen molar-refractivity contribution in [3.05, 3.63) is 76.6 Å². The molecule has 0 fully saturated rings. The van der Waals surface area contributed by atoms with Crippen molar-refractivity contribution < 1.29 is 9.53 Å². The first kappa shape index (κ1) is 23.1. The third-order valence-corrected chi connectivity index (χ3v) is 6.48. The Morgan fingerprint density at radius 3 is 2.67 bits per heavy atom. The molecule has 2 aromatic heterocycles. The molecule has 4 rings (SSSR count). The number of halogens is 1. The Hall–Kier alpha value is -3.03. The standard InChI is InChI=1S/C25H25ClN4O2S/c1-16-14-23(33-15-22(31)27-13-12-18-8-10-19(26)11-9-18)30-25(28-16)24(17(2)29-30)20-6-4-5-7-21(20)32-3/h4-11,14H,12-13,15H2,1-3H3,(H,27,31). The lowest BCUT2D eigenvalue weighted by Crippen LogP contribution is -2.27. The van der Waals surface area contributed by atoms with Crippen molar-refractivity contribution in [2.45, 2.75) is 25.3 Å². The van der Waals surface area contributed by atoms with Gasteiger partial charge in [-0.2, -0.15) is 5.10 Å². The Balaban J connectivity index is 1.49. The van der Waals surface area contributed by atoms with Crippen LogP contribution in [0.2, 0.25) is 5.02 Å². The number of hydrogen-bond donors (Lipinski definition) is 1. The molecule has 33 heavy (non-hydrogen) atoms. The molecule has 2 aromatic carbocycles. The van der Waals surface area contributed by atoms with Gasteiger partial charge in [0.1, 0.15) is 10.8 Å². The Bertz CT molecular complexity index is 1290. The molecule has 0 atom stereocenters. The first-order valence-corrected chi connectivity index (χ1v) is 12.0. The minimum absolute atomic E-state index is 0.0228. The summed E-state index contributed by atoms with van der Waals surface area (Å²) in [6.07, 6.45) is 0.757. The topological polar surface area (TPSA) is 68.5 Å².